The zero-order chi connectivity index (χ0) is 24.6. The van der Waals surface area contributed by atoms with E-state index in [0.29, 0.717) is 18.0 Å². The molecule has 3 heterocycles. The SMILES string of the molecule is COc1ccccc1NC(=O)N1Cc2c(sc3c2CCCC3)-n2cccc2C1c1ccc(SC)cc1. The molecule has 0 saturated carbocycles. The molecule has 1 aliphatic carbocycles. The number of anilines is 1. The number of aromatic nitrogens is 1. The molecule has 2 aromatic carbocycles. The van der Waals surface area contributed by atoms with Crippen molar-refractivity contribution in [2.45, 2.75) is 43.2 Å². The average molecular weight is 516 g/mol. The van der Waals surface area contributed by atoms with Crippen LogP contribution in [-0.2, 0) is 19.4 Å². The number of ether oxygens (including phenoxy) is 1. The van der Waals surface area contributed by atoms with Gasteiger partial charge in [-0.2, -0.15) is 0 Å². The predicted octanol–water partition coefficient (Wildman–Crippen LogP) is 7.29. The molecule has 0 radical (unpaired) electrons. The van der Waals surface area contributed by atoms with Crippen LogP contribution in [0.3, 0.4) is 0 Å². The number of amides is 2. The summed E-state index contributed by atoms with van der Waals surface area (Å²) in [6, 6.07) is 20.1. The number of nitrogens with one attached hydrogen (secondary N) is 1. The lowest BCUT2D eigenvalue weighted by Crippen LogP contribution is -2.38. The first kappa shape index (κ1) is 23.3. The minimum atomic E-state index is -0.218. The van der Waals surface area contributed by atoms with Crippen LogP contribution < -0.4 is 10.1 Å². The molecule has 0 bridgehead atoms. The summed E-state index contributed by atoms with van der Waals surface area (Å²) in [5.41, 5.74) is 5.64. The Morgan fingerprint density at radius 2 is 1.83 bits per heavy atom. The van der Waals surface area contributed by atoms with E-state index in [1.54, 1.807) is 18.9 Å². The van der Waals surface area contributed by atoms with Crippen molar-refractivity contribution in [3.8, 4) is 10.8 Å². The number of aryl methyl sites for hydroxylation is 1. The van der Waals surface area contributed by atoms with E-state index < -0.39 is 0 Å². The number of thioether (sulfide) groups is 1. The van der Waals surface area contributed by atoms with Crippen LogP contribution in [0.2, 0.25) is 0 Å². The molecule has 6 rings (SSSR count). The highest BCUT2D eigenvalue weighted by Gasteiger charge is 2.36. The van der Waals surface area contributed by atoms with Crippen molar-refractivity contribution in [2.75, 3.05) is 18.7 Å². The summed E-state index contributed by atoms with van der Waals surface area (Å²) in [7, 11) is 1.63. The Morgan fingerprint density at radius 1 is 1.03 bits per heavy atom. The fourth-order valence-electron chi connectivity index (χ4n) is 5.46. The lowest BCUT2D eigenvalue weighted by Gasteiger charge is -2.31. The van der Waals surface area contributed by atoms with Gasteiger partial charge in [-0.1, -0.05) is 24.3 Å². The van der Waals surface area contributed by atoms with Crippen LogP contribution >= 0.6 is 23.1 Å². The van der Waals surface area contributed by atoms with Crippen molar-refractivity contribution >= 4 is 34.8 Å². The number of fused-ring (bicyclic) bond motifs is 5. The molecule has 36 heavy (non-hydrogen) atoms. The monoisotopic (exact) mass is 515 g/mol. The third-order valence-electron chi connectivity index (χ3n) is 7.22. The molecule has 1 aliphatic heterocycles. The predicted molar refractivity (Wildman–Crippen MR) is 148 cm³/mol. The van der Waals surface area contributed by atoms with Gasteiger partial charge in [0.25, 0.3) is 0 Å². The number of hydrogen-bond donors (Lipinski definition) is 1. The molecule has 0 fully saturated rings. The Morgan fingerprint density at radius 3 is 2.64 bits per heavy atom. The van der Waals surface area contributed by atoms with Gasteiger partial charge in [-0.05, 0) is 79.5 Å². The van der Waals surface area contributed by atoms with Gasteiger partial charge in [0.1, 0.15) is 10.8 Å². The van der Waals surface area contributed by atoms with E-state index in [-0.39, 0.29) is 12.1 Å². The molecular formula is C29H29N3O2S2. The molecule has 2 aliphatic rings. The second kappa shape index (κ2) is 9.71. The van der Waals surface area contributed by atoms with Crippen molar-refractivity contribution in [2.24, 2.45) is 0 Å². The van der Waals surface area contributed by atoms with E-state index in [0.717, 1.165) is 24.1 Å². The van der Waals surface area contributed by atoms with Crippen LogP contribution in [0.25, 0.3) is 5.00 Å². The van der Waals surface area contributed by atoms with Crippen LogP contribution in [0.4, 0.5) is 10.5 Å². The topological polar surface area (TPSA) is 46.5 Å². The number of para-hydroxylation sites is 2. The molecule has 1 unspecified atom stereocenters. The fourth-order valence-corrected chi connectivity index (χ4v) is 7.27. The third-order valence-corrected chi connectivity index (χ3v) is 9.30. The molecule has 0 saturated heterocycles. The highest BCUT2D eigenvalue weighted by atomic mass is 32.2. The van der Waals surface area contributed by atoms with Gasteiger partial charge < -0.3 is 19.5 Å². The molecule has 2 amide bonds. The van der Waals surface area contributed by atoms with Crippen molar-refractivity contribution in [1.82, 2.24) is 9.47 Å². The molecule has 184 valence electrons. The van der Waals surface area contributed by atoms with Gasteiger partial charge in [-0.15, -0.1) is 23.1 Å². The van der Waals surface area contributed by atoms with Crippen molar-refractivity contribution < 1.29 is 9.53 Å². The zero-order valence-corrected chi connectivity index (χ0v) is 22.1. The Labute approximate surface area is 220 Å². The van der Waals surface area contributed by atoms with Gasteiger partial charge >= 0.3 is 6.03 Å². The Hall–Kier alpha value is -3.16. The summed E-state index contributed by atoms with van der Waals surface area (Å²) in [6.07, 6.45) is 8.92. The minimum absolute atomic E-state index is 0.130. The summed E-state index contributed by atoms with van der Waals surface area (Å²) in [5, 5.41) is 4.42. The maximum Gasteiger partial charge on any atom is 0.323 e. The molecule has 5 nitrogen and oxygen atoms in total. The number of methoxy groups -OCH3 is 1. The van der Waals surface area contributed by atoms with Gasteiger partial charge in [-0.25, -0.2) is 4.79 Å². The molecule has 2 aromatic heterocycles. The normalized spacial score (nSPS) is 16.5. The molecule has 0 spiro atoms. The van der Waals surface area contributed by atoms with E-state index in [1.165, 1.54) is 38.7 Å². The number of urea groups is 1. The number of carbonyl (C=O) groups excluding carboxylic acids is 1. The summed E-state index contributed by atoms with van der Waals surface area (Å²) in [5.74, 6) is 0.651. The van der Waals surface area contributed by atoms with Crippen LogP contribution in [0.15, 0.2) is 71.8 Å². The highest BCUT2D eigenvalue weighted by Crippen LogP contribution is 2.44. The molecular weight excluding hydrogens is 486 g/mol. The van der Waals surface area contributed by atoms with Crippen LogP contribution in [0.1, 0.15) is 46.1 Å². The summed E-state index contributed by atoms with van der Waals surface area (Å²) < 4.78 is 7.84. The highest BCUT2D eigenvalue weighted by molar-refractivity contribution is 7.98. The summed E-state index contributed by atoms with van der Waals surface area (Å²) >= 11 is 3.63. The van der Waals surface area contributed by atoms with Crippen LogP contribution in [0.5, 0.6) is 5.75 Å². The maximum atomic E-state index is 14.1. The summed E-state index contributed by atoms with van der Waals surface area (Å²) in [6.45, 7) is 0.568. The number of carbonyl (C=O) groups is 1. The molecule has 7 heteroatoms. The van der Waals surface area contributed by atoms with Crippen molar-refractivity contribution in [1.29, 1.82) is 0 Å². The van der Waals surface area contributed by atoms with Crippen LogP contribution in [-0.4, -0.2) is 28.9 Å². The standard InChI is InChI=1S/C29H29N3O2S2/c1-34-25-11-5-4-9-23(25)30-29(33)32-18-22-21-8-3-6-12-26(21)36-28(22)31-17-7-10-24(31)27(32)19-13-15-20(35-2)16-14-19/h4-5,7,9-11,13-17,27H,3,6,8,12,18H2,1-2H3,(H,30,33). The van der Waals surface area contributed by atoms with E-state index in [4.69, 9.17) is 4.74 Å². The van der Waals surface area contributed by atoms with E-state index in [1.807, 2.05) is 40.5 Å². The van der Waals surface area contributed by atoms with Gasteiger partial charge in [0, 0.05) is 21.5 Å². The van der Waals surface area contributed by atoms with E-state index in [9.17, 15) is 4.79 Å². The molecule has 1 atom stereocenters. The Balaban J connectivity index is 1.49. The number of thiophene rings is 1. The first-order valence-corrected chi connectivity index (χ1v) is 14.4. The average Bonchev–Trinajstić information content (AvgIpc) is 3.51. The van der Waals surface area contributed by atoms with E-state index in [2.05, 4.69) is 58.7 Å². The van der Waals surface area contributed by atoms with Gasteiger partial charge in [0.05, 0.1) is 31.1 Å². The molecule has 4 aromatic rings. The lowest BCUT2D eigenvalue weighted by atomic mass is 9.95. The number of benzene rings is 2. The van der Waals surface area contributed by atoms with E-state index >= 15 is 0 Å². The lowest BCUT2D eigenvalue weighted by molar-refractivity contribution is 0.194. The minimum Gasteiger partial charge on any atom is -0.495 e. The zero-order valence-electron chi connectivity index (χ0n) is 20.5. The quantitative estimate of drug-likeness (QED) is 0.290. The smallest absolute Gasteiger partial charge is 0.323 e. The number of rotatable bonds is 4. The second-order valence-electron chi connectivity index (χ2n) is 9.23. The number of hydrogen-bond acceptors (Lipinski definition) is 4. The van der Waals surface area contributed by atoms with Gasteiger partial charge in [-0.3, -0.25) is 0 Å². The third kappa shape index (κ3) is 4.00. The Kier molecular flexibility index (Phi) is 6.27. The largest absolute Gasteiger partial charge is 0.495 e. The fraction of sp³-hybridized carbons (Fsp3) is 0.276. The van der Waals surface area contributed by atoms with Crippen LogP contribution in [0, 0.1) is 0 Å². The Bertz CT molecular complexity index is 1410. The van der Waals surface area contributed by atoms with Gasteiger partial charge in [0.2, 0.25) is 0 Å². The summed E-state index contributed by atoms with van der Waals surface area (Å²) in [4.78, 5) is 18.8. The van der Waals surface area contributed by atoms with Crippen molar-refractivity contribution in [3.63, 3.8) is 0 Å². The second-order valence-corrected chi connectivity index (χ2v) is 11.2. The molecule has 1 N–H and O–H groups in total. The number of nitrogens with zero attached hydrogens (tertiary/aromatic N) is 2. The first-order chi connectivity index (χ1) is 17.7. The van der Waals surface area contributed by atoms with Gasteiger partial charge in [0.15, 0.2) is 0 Å². The first-order valence-electron chi connectivity index (χ1n) is 12.3. The maximum absolute atomic E-state index is 14.1. The van der Waals surface area contributed by atoms with Crippen molar-refractivity contribution in [3.05, 3.63) is 94.1 Å².